The maximum absolute atomic E-state index is 12.8. The zero-order valence-electron chi connectivity index (χ0n) is 16.0. The number of nitrogens with zero attached hydrogens (tertiary/aromatic N) is 1. The molecular formula is C21H24N2O4. The van der Waals surface area contributed by atoms with E-state index in [0.29, 0.717) is 47.3 Å². The van der Waals surface area contributed by atoms with Crippen molar-refractivity contribution in [1.82, 2.24) is 0 Å². The van der Waals surface area contributed by atoms with Gasteiger partial charge in [0.25, 0.3) is 0 Å². The monoisotopic (exact) mass is 368 g/mol. The second kappa shape index (κ2) is 7.61. The molecule has 1 aliphatic heterocycles. The van der Waals surface area contributed by atoms with Crippen molar-refractivity contribution in [3.05, 3.63) is 47.0 Å². The van der Waals surface area contributed by atoms with Gasteiger partial charge in [0.15, 0.2) is 17.3 Å². The van der Waals surface area contributed by atoms with Gasteiger partial charge in [0.2, 0.25) is 5.75 Å². The Balaban J connectivity index is 1.93. The minimum Gasteiger partial charge on any atom is -0.492 e. The number of fused-ring (bicyclic) bond motifs is 1. The molecule has 0 saturated carbocycles. The van der Waals surface area contributed by atoms with E-state index in [4.69, 9.17) is 19.9 Å². The predicted octanol–water partition coefficient (Wildman–Crippen LogP) is 3.40. The van der Waals surface area contributed by atoms with E-state index in [-0.39, 0.29) is 5.78 Å². The molecule has 0 aliphatic carbocycles. The van der Waals surface area contributed by atoms with Crippen LogP contribution < -0.4 is 24.8 Å². The number of nitrogen functional groups attached to an aromatic ring is 1. The van der Waals surface area contributed by atoms with Gasteiger partial charge in [-0.25, -0.2) is 0 Å². The molecule has 0 fully saturated rings. The van der Waals surface area contributed by atoms with E-state index in [2.05, 4.69) is 0 Å². The van der Waals surface area contributed by atoms with Crippen molar-refractivity contribution in [2.24, 2.45) is 0 Å². The number of allylic oxidation sites excluding steroid dienone is 1. The number of anilines is 2. The van der Waals surface area contributed by atoms with Crippen molar-refractivity contribution >= 4 is 23.2 Å². The average molecular weight is 368 g/mol. The number of carbonyl (C=O) groups is 1. The molecular weight excluding hydrogens is 344 g/mol. The molecule has 0 unspecified atom stereocenters. The number of methoxy groups -OCH3 is 1. The van der Waals surface area contributed by atoms with Gasteiger partial charge in [-0.2, -0.15) is 0 Å². The molecule has 2 aromatic carbocycles. The van der Waals surface area contributed by atoms with Gasteiger partial charge in [0.1, 0.15) is 13.2 Å². The summed E-state index contributed by atoms with van der Waals surface area (Å²) in [6.45, 7) is 2.74. The van der Waals surface area contributed by atoms with E-state index in [1.165, 1.54) is 0 Å². The zero-order chi connectivity index (χ0) is 19.6. The van der Waals surface area contributed by atoms with Gasteiger partial charge < -0.3 is 24.8 Å². The number of carbonyl (C=O) groups excluding carboxylic acids is 1. The first-order valence-electron chi connectivity index (χ1n) is 8.68. The molecule has 0 radical (unpaired) electrons. The summed E-state index contributed by atoms with van der Waals surface area (Å²) in [6, 6.07) is 9.01. The van der Waals surface area contributed by atoms with Crippen LogP contribution in [0.4, 0.5) is 11.4 Å². The number of hydrogen-bond acceptors (Lipinski definition) is 6. The van der Waals surface area contributed by atoms with Crippen LogP contribution in [0.25, 0.3) is 6.08 Å². The Morgan fingerprint density at radius 2 is 1.93 bits per heavy atom. The van der Waals surface area contributed by atoms with E-state index in [1.54, 1.807) is 32.2 Å². The average Bonchev–Trinajstić information content (AvgIpc) is 2.66. The van der Waals surface area contributed by atoms with Crippen molar-refractivity contribution in [3.63, 3.8) is 0 Å². The topological polar surface area (TPSA) is 74.0 Å². The summed E-state index contributed by atoms with van der Waals surface area (Å²) in [5.41, 5.74) is 9.38. The fourth-order valence-electron chi connectivity index (χ4n) is 3.06. The summed E-state index contributed by atoms with van der Waals surface area (Å²) >= 11 is 0. The molecule has 1 heterocycles. The molecule has 3 rings (SSSR count). The van der Waals surface area contributed by atoms with Crippen LogP contribution >= 0.6 is 0 Å². The molecule has 6 heteroatoms. The van der Waals surface area contributed by atoms with E-state index < -0.39 is 0 Å². The fourth-order valence-corrected chi connectivity index (χ4v) is 3.06. The highest BCUT2D eigenvalue weighted by atomic mass is 16.6. The second-order valence-corrected chi connectivity index (χ2v) is 6.54. The molecule has 0 atom stereocenters. The maximum Gasteiger partial charge on any atom is 0.204 e. The standard InChI is InChI=1S/C21H24N2O4/c1-13(19(24)14-5-7-17(23(2)3)16(22)12-14)11-15-6-8-18-21(20(15)25-4)27-10-9-26-18/h5-8,11-12H,9-10,22H2,1-4H3. The van der Waals surface area contributed by atoms with Crippen LogP contribution in [0, 0.1) is 0 Å². The number of rotatable bonds is 5. The number of ketones is 1. The van der Waals surface area contributed by atoms with Crippen LogP contribution in [0.5, 0.6) is 17.2 Å². The molecule has 1 aliphatic rings. The van der Waals surface area contributed by atoms with Crippen molar-refractivity contribution in [2.45, 2.75) is 6.92 Å². The van der Waals surface area contributed by atoms with Gasteiger partial charge in [0, 0.05) is 25.2 Å². The Hall–Kier alpha value is -3.15. The first kappa shape index (κ1) is 18.6. The number of benzene rings is 2. The highest BCUT2D eigenvalue weighted by Crippen LogP contribution is 2.42. The number of hydrogen-bond donors (Lipinski definition) is 1. The normalized spacial score (nSPS) is 13.3. The lowest BCUT2D eigenvalue weighted by Gasteiger charge is -2.21. The molecule has 0 amide bonds. The van der Waals surface area contributed by atoms with Crippen LogP contribution in [0.3, 0.4) is 0 Å². The molecule has 0 bridgehead atoms. The third-order valence-electron chi connectivity index (χ3n) is 4.40. The molecule has 6 nitrogen and oxygen atoms in total. The Kier molecular flexibility index (Phi) is 5.26. The Bertz CT molecular complexity index is 903. The summed E-state index contributed by atoms with van der Waals surface area (Å²) in [7, 11) is 5.39. The number of Topliss-reactive ketones (excluding diaryl/α,β-unsaturated/α-hetero) is 1. The second-order valence-electron chi connectivity index (χ2n) is 6.54. The summed E-state index contributed by atoms with van der Waals surface area (Å²) in [5, 5.41) is 0. The predicted molar refractivity (Wildman–Crippen MR) is 107 cm³/mol. The third kappa shape index (κ3) is 3.69. The van der Waals surface area contributed by atoms with Gasteiger partial charge in [-0.05, 0) is 48.9 Å². The lowest BCUT2D eigenvalue weighted by atomic mass is 10.0. The molecule has 2 aromatic rings. The number of nitrogens with two attached hydrogens (primary N) is 1. The highest BCUT2D eigenvalue weighted by molar-refractivity contribution is 6.11. The van der Waals surface area contributed by atoms with E-state index in [9.17, 15) is 4.79 Å². The van der Waals surface area contributed by atoms with Crippen LogP contribution in [0.15, 0.2) is 35.9 Å². The first-order valence-corrected chi connectivity index (χ1v) is 8.68. The van der Waals surface area contributed by atoms with Gasteiger partial charge in [0.05, 0.1) is 18.5 Å². The van der Waals surface area contributed by atoms with Crippen molar-refractivity contribution in [3.8, 4) is 17.2 Å². The van der Waals surface area contributed by atoms with Crippen LogP contribution in [-0.2, 0) is 0 Å². The smallest absolute Gasteiger partial charge is 0.204 e. The molecule has 142 valence electrons. The van der Waals surface area contributed by atoms with E-state index >= 15 is 0 Å². The maximum atomic E-state index is 12.8. The summed E-state index contributed by atoms with van der Waals surface area (Å²) in [6.07, 6.45) is 1.79. The van der Waals surface area contributed by atoms with Crippen molar-refractivity contribution in [2.75, 3.05) is 45.1 Å². The first-order chi connectivity index (χ1) is 12.9. The van der Waals surface area contributed by atoms with Gasteiger partial charge >= 0.3 is 0 Å². The number of ether oxygens (including phenoxy) is 3. The summed E-state index contributed by atoms with van der Waals surface area (Å²) in [5.74, 6) is 1.68. The highest BCUT2D eigenvalue weighted by Gasteiger charge is 2.20. The van der Waals surface area contributed by atoms with E-state index in [0.717, 1.165) is 11.3 Å². The lowest BCUT2D eigenvalue weighted by Crippen LogP contribution is -2.16. The third-order valence-corrected chi connectivity index (χ3v) is 4.40. The largest absolute Gasteiger partial charge is 0.492 e. The van der Waals surface area contributed by atoms with E-state index in [1.807, 2.05) is 37.2 Å². The van der Waals surface area contributed by atoms with Crippen LogP contribution in [-0.4, -0.2) is 40.2 Å². The SMILES string of the molecule is COc1c(C=C(C)C(=O)c2ccc(N(C)C)c(N)c2)ccc2c1OCCO2. The molecule has 2 N–H and O–H groups in total. The summed E-state index contributed by atoms with van der Waals surface area (Å²) in [4.78, 5) is 14.7. The molecule has 27 heavy (non-hydrogen) atoms. The Labute approximate surface area is 159 Å². The minimum atomic E-state index is -0.0936. The molecule has 0 aromatic heterocycles. The lowest BCUT2D eigenvalue weighted by molar-refractivity contribution is 0.103. The Morgan fingerprint density at radius 3 is 2.59 bits per heavy atom. The molecule has 0 spiro atoms. The fraction of sp³-hybridized carbons (Fsp3) is 0.286. The van der Waals surface area contributed by atoms with Gasteiger partial charge in [-0.1, -0.05) is 0 Å². The van der Waals surface area contributed by atoms with Gasteiger partial charge in [-0.15, -0.1) is 0 Å². The quantitative estimate of drug-likeness (QED) is 0.495. The van der Waals surface area contributed by atoms with Crippen LogP contribution in [0.1, 0.15) is 22.8 Å². The summed E-state index contributed by atoms with van der Waals surface area (Å²) < 4.78 is 16.8. The molecule has 0 saturated heterocycles. The minimum absolute atomic E-state index is 0.0936. The van der Waals surface area contributed by atoms with Gasteiger partial charge in [-0.3, -0.25) is 4.79 Å². The Morgan fingerprint density at radius 1 is 1.19 bits per heavy atom. The van der Waals surface area contributed by atoms with Crippen LogP contribution in [0.2, 0.25) is 0 Å². The van der Waals surface area contributed by atoms with Crippen molar-refractivity contribution in [1.29, 1.82) is 0 Å². The zero-order valence-corrected chi connectivity index (χ0v) is 16.0. The van der Waals surface area contributed by atoms with Crippen molar-refractivity contribution < 1.29 is 19.0 Å².